The van der Waals surface area contributed by atoms with Gasteiger partial charge in [-0.3, -0.25) is 9.69 Å². The van der Waals surface area contributed by atoms with Crippen LogP contribution in [0.5, 0.6) is 5.75 Å². The van der Waals surface area contributed by atoms with Gasteiger partial charge in [0.1, 0.15) is 11.4 Å². The molecule has 0 aliphatic carbocycles. The van der Waals surface area contributed by atoms with E-state index in [-0.39, 0.29) is 23.9 Å². The number of hydrogen-bond donors (Lipinski definition) is 2. The molecule has 1 saturated heterocycles. The molecule has 0 spiro atoms. The molecule has 122 valence electrons. The number of imide groups is 1. The van der Waals surface area contributed by atoms with E-state index in [9.17, 15) is 14.7 Å². The zero-order valence-electron chi connectivity index (χ0n) is 12.9. The lowest BCUT2D eigenvalue weighted by Crippen LogP contribution is -2.30. The van der Waals surface area contributed by atoms with Gasteiger partial charge in [-0.2, -0.15) is 0 Å². The number of halogens is 1. The number of aryl methyl sites for hydroxylation is 1. The Balaban J connectivity index is 1.81. The number of rotatable bonds is 3. The summed E-state index contributed by atoms with van der Waals surface area (Å²) in [5, 5.41) is 12.1. The Labute approximate surface area is 147 Å². The molecule has 1 aliphatic rings. The van der Waals surface area contributed by atoms with E-state index in [0.29, 0.717) is 10.0 Å². The molecule has 1 heterocycles. The number of phenolic OH excluding ortho intramolecular Hbond substituents is 1. The SMILES string of the molecule is Cc1ccc(CN2C(=O)N/C(=C/c3ccc(O)c(Br)c3)C2=O)cc1. The summed E-state index contributed by atoms with van der Waals surface area (Å²) in [6.45, 7) is 2.20. The van der Waals surface area contributed by atoms with E-state index >= 15 is 0 Å². The van der Waals surface area contributed by atoms with Crippen molar-refractivity contribution in [2.75, 3.05) is 0 Å². The van der Waals surface area contributed by atoms with Crippen LogP contribution in [0.25, 0.3) is 6.08 Å². The summed E-state index contributed by atoms with van der Waals surface area (Å²) < 4.78 is 0.519. The van der Waals surface area contributed by atoms with Gasteiger partial charge >= 0.3 is 6.03 Å². The monoisotopic (exact) mass is 386 g/mol. The standard InChI is InChI=1S/C18H15BrN2O3/c1-11-2-4-12(5-3-11)10-21-17(23)15(20-18(21)24)9-13-6-7-16(22)14(19)8-13/h2-9,22H,10H2,1H3,(H,20,24)/b15-9+. The molecule has 2 N–H and O–H groups in total. The molecule has 6 heteroatoms. The van der Waals surface area contributed by atoms with Crippen LogP contribution in [0, 0.1) is 6.92 Å². The summed E-state index contributed by atoms with van der Waals surface area (Å²) in [7, 11) is 0. The molecule has 3 rings (SSSR count). The minimum Gasteiger partial charge on any atom is -0.507 e. The fourth-order valence-corrected chi connectivity index (χ4v) is 2.77. The minimum atomic E-state index is -0.440. The van der Waals surface area contributed by atoms with Gasteiger partial charge < -0.3 is 10.4 Å². The number of aromatic hydroxyl groups is 1. The molecule has 24 heavy (non-hydrogen) atoms. The highest BCUT2D eigenvalue weighted by molar-refractivity contribution is 9.10. The average Bonchev–Trinajstić information content (AvgIpc) is 2.80. The molecular formula is C18H15BrN2O3. The van der Waals surface area contributed by atoms with Crippen molar-refractivity contribution in [2.24, 2.45) is 0 Å². The summed E-state index contributed by atoms with van der Waals surface area (Å²) >= 11 is 3.22. The summed E-state index contributed by atoms with van der Waals surface area (Å²) in [5.41, 5.74) is 2.91. The number of carbonyl (C=O) groups excluding carboxylic acids is 2. The molecule has 5 nitrogen and oxygen atoms in total. The number of carbonyl (C=O) groups is 2. The first-order chi connectivity index (χ1) is 11.4. The van der Waals surface area contributed by atoms with Crippen molar-refractivity contribution in [3.8, 4) is 5.75 Å². The molecule has 2 aromatic carbocycles. The Morgan fingerprint density at radius 2 is 1.88 bits per heavy atom. The molecule has 1 fully saturated rings. The maximum atomic E-state index is 12.5. The quantitative estimate of drug-likeness (QED) is 0.625. The van der Waals surface area contributed by atoms with Crippen LogP contribution in [0.15, 0.2) is 52.6 Å². The third-order valence-electron chi connectivity index (χ3n) is 3.71. The number of amides is 3. The largest absolute Gasteiger partial charge is 0.507 e. The van der Waals surface area contributed by atoms with Crippen LogP contribution < -0.4 is 5.32 Å². The van der Waals surface area contributed by atoms with E-state index in [1.807, 2.05) is 31.2 Å². The van der Waals surface area contributed by atoms with E-state index in [1.54, 1.807) is 18.2 Å². The molecule has 0 aromatic heterocycles. The molecule has 0 atom stereocenters. The van der Waals surface area contributed by atoms with Crippen molar-refractivity contribution in [3.05, 3.63) is 69.3 Å². The van der Waals surface area contributed by atoms with Crippen LogP contribution >= 0.6 is 15.9 Å². The third kappa shape index (κ3) is 3.33. The first-order valence-electron chi connectivity index (χ1n) is 7.32. The van der Waals surface area contributed by atoms with E-state index < -0.39 is 6.03 Å². The highest BCUT2D eigenvalue weighted by atomic mass is 79.9. The second kappa shape index (κ2) is 6.49. The second-order valence-corrected chi connectivity index (χ2v) is 6.43. The van der Waals surface area contributed by atoms with E-state index in [1.165, 1.54) is 11.0 Å². The van der Waals surface area contributed by atoms with Crippen molar-refractivity contribution < 1.29 is 14.7 Å². The van der Waals surface area contributed by atoms with E-state index in [2.05, 4.69) is 21.2 Å². The van der Waals surface area contributed by atoms with Gasteiger partial charge in [-0.15, -0.1) is 0 Å². The fourth-order valence-electron chi connectivity index (χ4n) is 2.37. The van der Waals surface area contributed by atoms with Gasteiger partial charge in [0.25, 0.3) is 5.91 Å². The molecule has 0 radical (unpaired) electrons. The van der Waals surface area contributed by atoms with Crippen LogP contribution in [0.1, 0.15) is 16.7 Å². The van der Waals surface area contributed by atoms with Crippen LogP contribution in [-0.4, -0.2) is 21.9 Å². The maximum Gasteiger partial charge on any atom is 0.329 e. The number of nitrogens with one attached hydrogen (secondary N) is 1. The number of benzene rings is 2. The zero-order valence-corrected chi connectivity index (χ0v) is 14.5. The Bertz CT molecular complexity index is 844. The highest BCUT2D eigenvalue weighted by Gasteiger charge is 2.33. The van der Waals surface area contributed by atoms with Crippen LogP contribution in [0.4, 0.5) is 4.79 Å². The van der Waals surface area contributed by atoms with Gasteiger partial charge in [0.2, 0.25) is 0 Å². The Morgan fingerprint density at radius 1 is 1.17 bits per heavy atom. The van der Waals surface area contributed by atoms with Crippen LogP contribution in [0.2, 0.25) is 0 Å². The third-order valence-corrected chi connectivity index (χ3v) is 4.34. The van der Waals surface area contributed by atoms with Crippen LogP contribution in [-0.2, 0) is 11.3 Å². The van der Waals surface area contributed by atoms with Gasteiger partial charge in [0, 0.05) is 0 Å². The predicted octanol–water partition coefficient (Wildman–Crippen LogP) is 3.56. The lowest BCUT2D eigenvalue weighted by molar-refractivity contribution is -0.123. The minimum absolute atomic E-state index is 0.111. The van der Waals surface area contributed by atoms with Gasteiger partial charge in [0.15, 0.2) is 0 Å². The Morgan fingerprint density at radius 3 is 2.54 bits per heavy atom. The van der Waals surface area contributed by atoms with Crippen molar-refractivity contribution in [1.29, 1.82) is 0 Å². The van der Waals surface area contributed by atoms with Gasteiger partial charge in [-0.25, -0.2) is 4.79 Å². The normalized spacial score (nSPS) is 15.9. The summed E-state index contributed by atoms with van der Waals surface area (Å²) in [6.07, 6.45) is 1.58. The summed E-state index contributed by atoms with van der Waals surface area (Å²) in [6, 6.07) is 12.1. The zero-order chi connectivity index (χ0) is 17.3. The van der Waals surface area contributed by atoms with E-state index in [4.69, 9.17) is 0 Å². The molecule has 1 aliphatic heterocycles. The van der Waals surface area contributed by atoms with Gasteiger partial charge in [0.05, 0.1) is 11.0 Å². The summed E-state index contributed by atoms with van der Waals surface area (Å²) in [5.74, 6) is -0.260. The smallest absolute Gasteiger partial charge is 0.329 e. The first-order valence-corrected chi connectivity index (χ1v) is 8.12. The number of hydrogen-bond acceptors (Lipinski definition) is 3. The Kier molecular flexibility index (Phi) is 4.40. The lowest BCUT2D eigenvalue weighted by atomic mass is 10.1. The van der Waals surface area contributed by atoms with Crippen molar-refractivity contribution in [3.63, 3.8) is 0 Å². The predicted molar refractivity (Wildman–Crippen MR) is 94.0 cm³/mol. The first kappa shape index (κ1) is 16.3. The lowest BCUT2D eigenvalue weighted by Gasteiger charge is -2.11. The molecule has 0 bridgehead atoms. The summed E-state index contributed by atoms with van der Waals surface area (Å²) in [4.78, 5) is 25.7. The maximum absolute atomic E-state index is 12.5. The van der Waals surface area contributed by atoms with Crippen molar-refractivity contribution >= 4 is 33.9 Å². The van der Waals surface area contributed by atoms with E-state index in [0.717, 1.165) is 11.1 Å². The molecule has 2 aromatic rings. The van der Waals surface area contributed by atoms with Crippen LogP contribution in [0.3, 0.4) is 0 Å². The highest BCUT2D eigenvalue weighted by Crippen LogP contribution is 2.26. The average molecular weight is 387 g/mol. The second-order valence-electron chi connectivity index (χ2n) is 5.58. The molecule has 0 saturated carbocycles. The van der Waals surface area contributed by atoms with Gasteiger partial charge in [-0.05, 0) is 52.2 Å². The van der Waals surface area contributed by atoms with Crippen molar-refractivity contribution in [1.82, 2.24) is 10.2 Å². The Hall–Kier alpha value is -2.60. The number of urea groups is 1. The topological polar surface area (TPSA) is 69.6 Å². The number of nitrogens with zero attached hydrogens (tertiary/aromatic N) is 1. The number of phenols is 1. The van der Waals surface area contributed by atoms with Gasteiger partial charge in [-0.1, -0.05) is 35.9 Å². The molecule has 3 amide bonds. The fraction of sp³-hybridized carbons (Fsp3) is 0.111. The molecular weight excluding hydrogens is 372 g/mol. The van der Waals surface area contributed by atoms with Crippen molar-refractivity contribution in [2.45, 2.75) is 13.5 Å². The molecule has 0 unspecified atom stereocenters.